The number of nitriles is 1. The standard InChI is InChI=1S/C24H24N4O2/c1-4-12-30-22-11-10-18(13-17(22)2)23-20(14-19(15-25)24(29)26-3)16-28(27-23)21-8-6-5-7-9-21/h5-11,13-14,16H,4,12H2,1-3H3,(H,26,29)/b19-14+. The third kappa shape index (κ3) is 4.58. The maximum atomic E-state index is 12.0. The summed E-state index contributed by atoms with van der Waals surface area (Å²) in [7, 11) is 1.50. The maximum absolute atomic E-state index is 12.0. The molecule has 0 aliphatic carbocycles. The van der Waals surface area contributed by atoms with E-state index in [0.29, 0.717) is 17.9 Å². The number of likely N-dealkylation sites (N-methyl/N-ethyl adjacent to an activating group) is 1. The number of rotatable bonds is 7. The number of hydrogen-bond donors (Lipinski definition) is 1. The summed E-state index contributed by atoms with van der Waals surface area (Å²) < 4.78 is 7.52. The molecule has 6 heteroatoms. The Kier molecular flexibility index (Phi) is 6.66. The molecule has 0 unspecified atom stereocenters. The van der Waals surface area contributed by atoms with Gasteiger partial charge in [0.2, 0.25) is 0 Å². The fourth-order valence-corrected chi connectivity index (χ4v) is 3.04. The highest BCUT2D eigenvalue weighted by atomic mass is 16.5. The van der Waals surface area contributed by atoms with Gasteiger partial charge in [-0.2, -0.15) is 10.4 Å². The number of amides is 1. The molecule has 3 rings (SSSR count). The lowest BCUT2D eigenvalue weighted by molar-refractivity contribution is -0.116. The van der Waals surface area contributed by atoms with Crippen LogP contribution in [0.3, 0.4) is 0 Å². The molecule has 0 radical (unpaired) electrons. The van der Waals surface area contributed by atoms with Crippen molar-refractivity contribution in [2.24, 2.45) is 0 Å². The van der Waals surface area contributed by atoms with E-state index in [1.807, 2.05) is 67.7 Å². The van der Waals surface area contributed by atoms with Crippen LogP contribution in [0, 0.1) is 18.3 Å². The summed E-state index contributed by atoms with van der Waals surface area (Å²) in [4.78, 5) is 12.0. The van der Waals surface area contributed by atoms with Crippen LogP contribution >= 0.6 is 0 Å². The number of nitrogens with one attached hydrogen (secondary N) is 1. The molecule has 0 saturated heterocycles. The molecule has 0 saturated carbocycles. The van der Waals surface area contributed by atoms with Crippen LogP contribution in [0.15, 0.2) is 60.3 Å². The molecule has 1 aromatic heterocycles. The van der Waals surface area contributed by atoms with Gasteiger partial charge in [-0.05, 0) is 55.3 Å². The van der Waals surface area contributed by atoms with Gasteiger partial charge in [0.1, 0.15) is 23.1 Å². The average Bonchev–Trinajstić information content (AvgIpc) is 3.20. The van der Waals surface area contributed by atoms with Gasteiger partial charge >= 0.3 is 0 Å². The summed E-state index contributed by atoms with van der Waals surface area (Å²) in [6.07, 6.45) is 4.33. The number of ether oxygens (including phenoxy) is 1. The second kappa shape index (κ2) is 9.57. The fraction of sp³-hybridized carbons (Fsp3) is 0.208. The van der Waals surface area contributed by atoms with E-state index < -0.39 is 5.91 Å². The van der Waals surface area contributed by atoms with E-state index in [9.17, 15) is 10.1 Å². The van der Waals surface area contributed by atoms with Crippen LogP contribution in [0.1, 0.15) is 24.5 Å². The Labute approximate surface area is 176 Å². The van der Waals surface area contributed by atoms with Gasteiger partial charge in [0.15, 0.2) is 0 Å². The summed E-state index contributed by atoms with van der Waals surface area (Å²) in [5, 5.41) is 16.7. The topological polar surface area (TPSA) is 79.9 Å². The average molecular weight is 400 g/mol. The molecule has 6 nitrogen and oxygen atoms in total. The SMILES string of the molecule is CCCOc1ccc(-c2nn(-c3ccccc3)cc2/C=C(\C#N)C(=O)NC)cc1C. The van der Waals surface area contributed by atoms with Gasteiger partial charge in [0, 0.05) is 24.4 Å². The zero-order valence-electron chi connectivity index (χ0n) is 17.3. The lowest BCUT2D eigenvalue weighted by Crippen LogP contribution is -2.19. The van der Waals surface area contributed by atoms with Crippen LogP contribution in [0.4, 0.5) is 0 Å². The van der Waals surface area contributed by atoms with E-state index in [1.165, 1.54) is 7.05 Å². The Morgan fingerprint density at radius 3 is 2.67 bits per heavy atom. The predicted octanol–water partition coefficient (Wildman–Crippen LogP) is 4.29. The molecule has 1 N–H and O–H groups in total. The Hall–Kier alpha value is -3.85. The highest BCUT2D eigenvalue weighted by Gasteiger charge is 2.15. The summed E-state index contributed by atoms with van der Waals surface area (Å²) >= 11 is 0. The number of para-hydroxylation sites is 1. The number of benzene rings is 2. The van der Waals surface area contributed by atoms with Crippen molar-refractivity contribution in [3.8, 4) is 28.8 Å². The Morgan fingerprint density at radius 2 is 2.03 bits per heavy atom. The van der Waals surface area contributed by atoms with Gasteiger partial charge < -0.3 is 10.1 Å². The van der Waals surface area contributed by atoms with Crippen LogP contribution in [0.25, 0.3) is 23.0 Å². The molecule has 0 bridgehead atoms. The van der Waals surface area contributed by atoms with Crippen LogP contribution in [0.2, 0.25) is 0 Å². The Morgan fingerprint density at radius 1 is 1.27 bits per heavy atom. The molecule has 152 valence electrons. The molecule has 30 heavy (non-hydrogen) atoms. The van der Waals surface area contributed by atoms with Gasteiger partial charge in [-0.3, -0.25) is 4.79 Å². The third-order valence-corrected chi connectivity index (χ3v) is 4.57. The number of aryl methyl sites for hydroxylation is 1. The van der Waals surface area contributed by atoms with Crippen molar-refractivity contribution in [2.75, 3.05) is 13.7 Å². The monoisotopic (exact) mass is 400 g/mol. The molecular formula is C24H24N4O2. The smallest absolute Gasteiger partial charge is 0.261 e. The molecule has 2 aromatic carbocycles. The van der Waals surface area contributed by atoms with E-state index in [2.05, 4.69) is 12.2 Å². The van der Waals surface area contributed by atoms with E-state index in [4.69, 9.17) is 9.84 Å². The quantitative estimate of drug-likeness (QED) is 0.474. The summed E-state index contributed by atoms with van der Waals surface area (Å²) in [5.74, 6) is 0.402. The minimum atomic E-state index is -0.435. The van der Waals surface area contributed by atoms with Gasteiger partial charge in [-0.15, -0.1) is 0 Å². The second-order valence-corrected chi connectivity index (χ2v) is 6.79. The van der Waals surface area contributed by atoms with Gasteiger partial charge in [0.25, 0.3) is 5.91 Å². The third-order valence-electron chi connectivity index (χ3n) is 4.57. The number of carbonyl (C=O) groups is 1. The van der Waals surface area contributed by atoms with E-state index in [0.717, 1.165) is 29.0 Å². The Bertz CT molecular complexity index is 1110. The normalized spacial score (nSPS) is 11.1. The zero-order chi connectivity index (χ0) is 21.5. The molecule has 0 aliphatic heterocycles. The minimum Gasteiger partial charge on any atom is -0.493 e. The van der Waals surface area contributed by atoms with Gasteiger partial charge in [-0.25, -0.2) is 4.68 Å². The second-order valence-electron chi connectivity index (χ2n) is 6.79. The van der Waals surface area contributed by atoms with Crippen molar-refractivity contribution in [1.82, 2.24) is 15.1 Å². The van der Waals surface area contributed by atoms with E-state index >= 15 is 0 Å². The first kappa shape index (κ1) is 20.9. The summed E-state index contributed by atoms with van der Waals surface area (Å²) in [5.41, 5.74) is 4.15. The summed E-state index contributed by atoms with van der Waals surface area (Å²) in [6.45, 7) is 4.72. The first-order chi connectivity index (χ1) is 14.6. The first-order valence-electron chi connectivity index (χ1n) is 9.80. The van der Waals surface area contributed by atoms with E-state index in [-0.39, 0.29) is 5.57 Å². The van der Waals surface area contributed by atoms with Crippen molar-refractivity contribution >= 4 is 12.0 Å². The van der Waals surface area contributed by atoms with Crippen LogP contribution in [0.5, 0.6) is 5.75 Å². The number of carbonyl (C=O) groups excluding carboxylic acids is 1. The lowest BCUT2D eigenvalue weighted by Gasteiger charge is -2.09. The van der Waals surface area contributed by atoms with E-state index in [1.54, 1.807) is 10.8 Å². The largest absolute Gasteiger partial charge is 0.493 e. The minimum absolute atomic E-state index is 0.0194. The molecule has 1 heterocycles. The highest BCUT2D eigenvalue weighted by molar-refractivity contribution is 6.02. The molecule has 0 spiro atoms. The molecule has 0 fully saturated rings. The zero-order valence-corrected chi connectivity index (χ0v) is 17.3. The molecular weight excluding hydrogens is 376 g/mol. The highest BCUT2D eigenvalue weighted by Crippen LogP contribution is 2.30. The number of aromatic nitrogens is 2. The number of hydrogen-bond acceptors (Lipinski definition) is 4. The van der Waals surface area contributed by atoms with Crippen LogP contribution in [-0.2, 0) is 4.79 Å². The van der Waals surface area contributed by atoms with Gasteiger partial charge in [0.05, 0.1) is 12.3 Å². The molecule has 0 atom stereocenters. The summed E-state index contributed by atoms with van der Waals surface area (Å²) in [6, 6.07) is 17.5. The van der Waals surface area contributed by atoms with Crippen molar-refractivity contribution in [1.29, 1.82) is 5.26 Å². The van der Waals surface area contributed by atoms with Crippen molar-refractivity contribution < 1.29 is 9.53 Å². The Balaban J connectivity index is 2.12. The van der Waals surface area contributed by atoms with Crippen molar-refractivity contribution in [3.63, 3.8) is 0 Å². The van der Waals surface area contributed by atoms with Crippen molar-refractivity contribution in [2.45, 2.75) is 20.3 Å². The fourth-order valence-electron chi connectivity index (χ4n) is 3.04. The molecule has 1 amide bonds. The first-order valence-corrected chi connectivity index (χ1v) is 9.80. The maximum Gasteiger partial charge on any atom is 0.261 e. The molecule has 3 aromatic rings. The number of nitrogens with zero attached hydrogens (tertiary/aromatic N) is 3. The molecule has 0 aliphatic rings. The van der Waals surface area contributed by atoms with Crippen LogP contribution in [-0.4, -0.2) is 29.3 Å². The van der Waals surface area contributed by atoms with Gasteiger partial charge in [-0.1, -0.05) is 25.1 Å². The van der Waals surface area contributed by atoms with Crippen LogP contribution < -0.4 is 10.1 Å². The lowest BCUT2D eigenvalue weighted by atomic mass is 10.0. The predicted molar refractivity (Wildman–Crippen MR) is 117 cm³/mol. The van der Waals surface area contributed by atoms with Crippen molar-refractivity contribution in [3.05, 3.63) is 71.4 Å².